The molecule has 0 aliphatic carbocycles. The fourth-order valence-corrected chi connectivity index (χ4v) is 6.18. The highest BCUT2D eigenvalue weighted by Crippen LogP contribution is 2.33. The highest BCUT2D eigenvalue weighted by molar-refractivity contribution is 7.89. The molecule has 0 spiro atoms. The molecule has 2 aromatic carbocycles. The van der Waals surface area contributed by atoms with E-state index in [9.17, 15) is 13.2 Å². The molecule has 2 aliphatic rings. The summed E-state index contributed by atoms with van der Waals surface area (Å²) in [5.74, 6) is 1.27. The van der Waals surface area contributed by atoms with Crippen LogP contribution in [-0.4, -0.2) is 48.7 Å². The number of nitrogens with zero attached hydrogens (tertiary/aromatic N) is 3. The smallest absolute Gasteiger partial charge is 0.244 e. The molecule has 1 aromatic heterocycles. The largest absolute Gasteiger partial charge is 0.454 e. The van der Waals surface area contributed by atoms with Gasteiger partial charge in [-0.2, -0.15) is 9.29 Å². The zero-order valence-corrected chi connectivity index (χ0v) is 20.4. The standard InChI is InChI=1S/C23H23ClN4O6S/c1-14-26-22(27-34-14)16-5-6-18(24)21(10-16)35(30,31)28-8-2-3-17(12-28)23(29)25-11-15-4-7-19-20(9-15)33-13-32-19/h4-7,9-10,17H,2-3,8,11-13H2,1H3,(H,25,29)/t17-/m0/s1. The lowest BCUT2D eigenvalue weighted by Crippen LogP contribution is -2.45. The van der Waals surface area contributed by atoms with Crippen LogP contribution in [0.25, 0.3) is 11.4 Å². The summed E-state index contributed by atoms with van der Waals surface area (Å²) in [6.45, 7) is 2.50. The molecule has 2 aliphatic heterocycles. The molecule has 12 heteroatoms. The number of aryl methyl sites for hydroxylation is 1. The lowest BCUT2D eigenvalue weighted by Gasteiger charge is -2.31. The molecule has 1 amide bonds. The summed E-state index contributed by atoms with van der Waals surface area (Å²) in [4.78, 5) is 17.0. The molecule has 0 radical (unpaired) electrons. The first-order chi connectivity index (χ1) is 16.8. The molecule has 35 heavy (non-hydrogen) atoms. The molecule has 3 heterocycles. The third kappa shape index (κ3) is 4.84. The number of fused-ring (bicyclic) bond motifs is 1. The van der Waals surface area contributed by atoms with E-state index in [2.05, 4.69) is 15.5 Å². The molecule has 5 rings (SSSR count). The van der Waals surface area contributed by atoms with Crippen LogP contribution in [0.5, 0.6) is 11.5 Å². The van der Waals surface area contributed by atoms with Crippen LogP contribution in [0.2, 0.25) is 5.02 Å². The molecule has 10 nitrogen and oxygen atoms in total. The highest BCUT2D eigenvalue weighted by Gasteiger charge is 2.34. The van der Waals surface area contributed by atoms with Crippen molar-refractivity contribution in [3.05, 3.63) is 52.9 Å². The van der Waals surface area contributed by atoms with Crippen molar-refractivity contribution in [2.45, 2.75) is 31.2 Å². The van der Waals surface area contributed by atoms with Gasteiger partial charge in [0.15, 0.2) is 11.5 Å². The van der Waals surface area contributed by atoms with E-state index in [1.54, 1.807) is 19.1 Å². The van der Waals surface area contributed by atoms with E-state index in [1.165, 1.54) is 16.4 Å². The van der Waals surface area contributed by atoms with Gasteiger partial charge in [-0.3, -0.25) is 4.79 Å². The number of halogens is 1. The average Bonchev–Trinajstić information content (AvgIpc) is 3.51. The normalized spacial score (nSPS) is 17.9. The van der Waals surface area contributed by atoms with Crippen molar-refractivity contribution in [1.82, 2.24) is 19.8 Å². The minimum atomic E-state index is -3.95. The summed E-state index contributed by atoms with van der Waals surface area (Å²) in [7, 11) is -3.95. The molecule has 0 saturated carbocycles. The monoisotopic (exact) mass is 518 g/mol. The van der Waals surface area contributed by atoms with Crippen LogP contribution in [0.4, 0.5) is 0 Å². The lowest BCUT2D eigenvalue weighted by molar-refractivity contribution is -0.126. The van der Waals surface area contributed by atoms with Crippen LogP contribution in [0.1, 0.15) is 24.3 Å². The van der Waals surface area contributed by atoms with E-state index in [0.29, 0.717) is 48.9 Å². The first-order valence-electron chi connectivity index (χ1n) is 11.1. The van der Waals surface area contributed by atoms with Gasteiger partial charge in [0, 0.05) is 32.1 Å². The van der Waals surface area contributed by atoms with Crippen LogP contribution in [0.3, 0.4) is 0 Å². The third-order valence-electron chi connectivity index (χ3n) is 5.99. The molecule has 1 N–H and O–H groups in total. The van der Waals surface area contributed by atoms with Crippen molar-refractivity contribution in [1.29, 1.82) is 0 Å². The maximum absolute atomic E-state index is 13.5. The van der Waals surface area contributed by atoms with E-state index in [1.807, 2.05) is 12.1 Å². The second kappa shape index (κ2) is 9.48. The molecule has 1 atom stereocenters. The van der Waals surface area contributed by atoms with Crippen molar-refractivity contribution in [3.8, 4) is 22.9 Å². The number of amides is 1. The molecular weight excluding hydrogens is 496 g/mol. The van der Waals surface area contributed by atoms with Crippen LogP contribution >= 0.6 is 11.6 Å². The summed E-state index contributed by atoms with van der Waals surface area (Å²) in [6.07, 6.45) is 1.15. The Hall–Kier alpha value is -3.15. The van der Waals surface area contributed by atoms with E-state index in [4.69, 9.17) is 25.6 Å². The van der Waals surface area contributed by atoms with Crippen molar-refractivity contribution >= 4 is 27.5 Å². The second-order valence-electron chi connectivity index (χ2n) is 8.39. The highest BCUT2D eigenvalue weighted by atomic mass is 35.5. The van der Waals surface area contributed by atoms with Gasteiger partial charge in [0.05, 0.1) is 10.9 Å². The zero-order chi connectivity index (χ0) is 24.6. The molecule has 3 aromatic rings. The topological polar surface area (TPSA) is 124 Å². The minimum absolute atomic E-state index is 0.0551. The van der Waals surface area contributed by atoms with E-state index < -0.39 is 15.9 Å². The summed E-state index contributed by atoms with van der Waals surface area (Å²) in [5, 5.41) is 6.84. The Labute approximate surface area is 207 Å². The number of nitrogens with one attached hydrogen (secondary N) is 1. The third-order valence-corrected chi connectivity index (χ3v) is 8.34. The van der Waals surface area contributed by atoms with E-state index >= 15 is 0 Å². The van der Waals surface area contributed by atoms with Crippen molar-refractivity contribution in [3.63, 3.8) is 0 Å². The van der Waals surface area contributed by atoms with Crippen LogP contribution < -0.4 is 14.8 Å². The fourth-order valence-electron chi connectivity index (χ4n) is 4.15. The maximum Gasteiger partial charge on any atom is 0.244 e. The first-order valence-corrected chi connectivity index (χ1v) is 12.9. The number of hydrogen-bond acceptors (Lipinski definition) is 8. The van der Waals surface area contributed by atoms with Gasteiger partial charge in [-0.15, -0.1) is 0 Å². The predicted octanol–water partition coefficient (Wildman–Crippen LogP) is 3.14. The molecule has 1 fully saturated rings. The van der Waals surface area contributed by atoms with Gasteiger partial charge in [0.2, 0.25) is 34.4 Å². The molecule has 1 saturated heterocycles. The van der Waals surface area contributed by atoms with Gasteiger partial charge in [0.1, 0.15) is 4.90 Å². The first kappa shape index (κ1) is 23.6. The van der Waals surface area contributed by atoms with Crippen molar-refractivity contribution < 1.29 is 27.2 Å². The summed E-state index contributed by atoms with van der Waals surface area (Å²) >= 11 is 6.28. The number of benzene rings is 2. The SMILES string of the molecule is Cc1nc(-c2ccc(Cl)c(S(=O)(=O)N3CCC[C@H](C(=O)NCc4ccc5c(c4)OCO5)C3)c2)no1. The van der Waals surface area contributed by atoms with Crippen molar-refractivity contribution in [2.24, 2.45) is 5.92 Å². The Balaban J connectivity index is 1.28. The van der Waals surface area contributed by atoms with E-state index in [0.717, 1.165) is 5.56 Å². The minimum Gasteiger partial charge on any atom is -0.454 e. The molecule has 184 valence electrons. The zero-order valence-electron chi connectivity index (χ0n) is 18.9. The lowest BCUT2D eigenvalue weighted by atomic mass is 9.98. The van der Waals surface area contributed by atoms with Gasteiger partial charge < -0.3 is 19.3 Å². The fraction of sp³-hybridized carbons (Fsp3) is 0.348. The number of piperidine rings is 1. The number of rotatable bonds is 6. The average molecular weight is 519 g/mol. The molecule has 0 unspecified atom stereocenters. The number of carbonyl (C=O) groups excluding carboxylic acids is 1. The van der Waals surface area contributed by atoms with Gasteiger partial charge in [-0.25, -0.2) is 8.42 Å². The molecular formula is C23H23ClN4O6S. The quantitative estimate of drug-likeness (QED) is 0.527. The number of sulfonamides is 1. The van der Waals surface area contributed by atoms with Gasteiger partial charge in [-0.05, 0) is 48.7 Å². The maximum atomic E-state index is 13.5. The van der Waals surface area contributed by atoms with Crippen LogP contribution in [0, 0.1) is 12.8 Å². The van der Waals surface area contributed by atoms with E-state index in [-0.39, 0.29) is 35.0 Å². The Morgan fingerprint density at radius 3 is 2.83 bits per heavy atom. The summed E-state index contributed by atoms with van der Waals surface area (Å²) in [6, 6.07) is 10.0. The summed E-state index contributed by atoms with van der Waals surface area (Å²) in [5.41, 5.74) is 1.34. The number of hydrogen-bond donors (Lipinski definition) is 1. The second-order valence-corrected chi connectivity index (χ2v) is 10.7. The van der Waals surface area contributed by atoms with Crippen molar-refractivity contribution in [2.75, 3.05) is 19.9 Å². The van der Waals surface area contributed by atoms with Gasteiger partial charge >= 0.3 is 0 Å². The van der Waals surface area contributed by atoms with Crippen LogP contribution in [-0.2, 0) is 21.4 Å². The molecule has 0 bridgehead atoms. The van der Waals surface area contributed by atoms with Gasteiger partial charge in [-0.1, -0.05) is 22.8 Å². The Morgan fingerprint density at radius 2 is 2.03 bits per heavy atom. The Morgan fingerprint density at radius 1 is 1.20 bits per heavy atom. The number of aromatic nitrogens is 2. The summed E-state index contributed by atoms with van der Waals surface area (Å²) < 4.78 is 43.9. The number of carbonyl (C=O) groups is 1. The predicted molar refractivity (Wildman–Crippen MR) is 125 cm³/mol. The van der Waals surface area contributed by atoms with Gasteiger partial charge in [0.25, 0.3) is 0 Å². The Bertz CT molecular complexity index is 1380. The number of ether oxygens (including phenoxy) is 2. The van der Waals surface area contributed by atoms with Crippen LogP contribution in [0.15, 0.2) is 45.8 Å². The Kier molecular flexibility index (Phi) is 6.39.